The molecule has 2 rings (SSSR count). The van der Waals surface area contributed by atoms with Crippen molar-refractivity contribution in [2.45, 2.75) is 38.6 Å². The van der Waals surface area contributed by atoms with E-state index < -0.39 is 10.0 Å². The molecule has 0 saturated carbocycles. The number of aromatic nitrogens is 1. The van der Waals surface area contributed by atoms with Gasteiger partial charge in [-0.1, -0.05) is 5.16 Å². The molecule has 1 fully saturated rings. The predicted octanol–water partition coefficient (Wildman–Crippen LogP) is 0.549. The van der Waals surface area contributed by atoms with E-state index in [4.69, 9.17) is 9.26 Å². The van der Waals surface area contributed by atoms with Crippen molar-refractivity contribution in [3.8, 4) is 0 Å². The molecule has 0 bridgehead atoms. The van der Waals surface area contributed by atoms with E-state index in [2.05, 4.69) is 5.16 Å². The summed E-state index contributed by atoms with van der Waals surface area (Å²) in [5.41, 5.74) is 0.366. The van der Waals surface area contributed by atoms with Crippen LogP contribution < -0.4 is 0 Å². The van der Waals surface area contributed by atoms with Gasteiger partial charge in [0.15, 0.2) is 5.76 Å². The van der Waals surface area contributed by atoms with Gasteiger partial charge in [0, 0.05) is 26.2 Å². The molecule has 0 aromatic carbocycles. The summed E-state index contributed by atoms with van der Waals surface area (Å²) < 4.78 is 36.8. The van der Waals surface area contributed by atoms with Crippen LogP contribution in [0.3, 0.4) is 0 Å². The number of carbonyl (C=O) groups is 1. The third-order valence-electron chi connectivity index (χ3n) is 4.01. The second-order valence-corrected chi connectivity index (χ2v) is 7.40. The van der Waals surface area contributed by atoms with Gasteiger partial charge < -0.3 is 9.26 Å². The van der Waals surface area contributed by atoms with Crippen LogP contribution in [0.25, 0.3) is 0 Å². The molecule has 0 radical (unpaired) electrons. The topological polar surface area (TPSA) is 93.0 Å². The second kappa shape index (κ2) is 6.98. The van der Waals surface area contributed by atoms with Crippen LogP contribution in [0.4, 0.5) is 0 Å². The van der Waals surface area contributed by atoms with E-state index in [1.807, 2.05) is 4.90 Å². The first-order valence-electron chi connectivity index (χ1n) is 7.62. The summed E-state index contributed by atoms with van der Waals surface area (Å²) in [5, 5.41) is 3.71. The van der Waals surface area contributed by atoms with Crippen molar-refractivity contribution in [2.75, 3.05) is 32.8 Å². The molecule has 0 N–H and O–H groups in total. The van der Waals surface area contributed by atoms with Crippen LogP contribution in [0.2, 0.25) is 0 Å². The molecular formula is C14H23N3O5S. The Morgan fingerprint density at radius 3 is 2.39 bits per heavy atom. The Morgan fingerprint density at radius 1 is 1.30 bits per heavy atom. The van der Waals surface area contributed by atoms with Gasteiger partial charge in [0.25, 0.3) is 0 Å². The average molecular weight is 345 g/mol. The smallest absolute Gasteiger partial charge is 0.323 e. The maximum Gasteiger partial charge on any atom is 0.323 e. The Balaban J connectivity index is 2.06. The molecule has 23 heavy (non-hydrogen) atoms. The summed E-state index contributed by atoms with van der Waals surface area (Å²) >= 11 is 0. The Bertz CT molecular complexity index is 642. The fourth-order valence-electron chi connectivity index (χ4n) is 2.72. The van der Waals surface area contributed by atoms with E-state index in [1.54, 1.807) is 27.7 Å². The largest absolute Gasteiger partial charge is 0.465 e. The summed E-state index contributed by atoms with van der Waals surface area (Å²) in [6.45, 7) is 8.66. The number of piperazine rings is 1. The summed E-state index contributed by atoms with van der Waals surface area (Å²) in [5.74, 6) is 0.0133. The van der Waals surface area contributed by atoms with Gasteiger partial charge in [-0.05, 0) is 27.7 Å². The molecule has 1 unspecified atom stereocenters. The highest BCUT2D eigenvalue weighted by Crippen LogP contribution is 2.24. The monoisotopic (exact) mass is 345 g/mol. The number of rotatable bonds is 5. The molecule has 130 valence electrons. The van der Waals surface area contributed by atoms with Gasteiger partial charge in [0.05, 0.1) is 6.61 Å². The average Bonchev–Trinajstić information content (AvgIpc) is 2.86. The highest BCUT2D eigenvalue weighted by atomic mass is 32.2. The van der Waals surface area contributed by atoms with Crippen molar-refractivity contribution in [3.05, 3.63) is 11.5 Å². The molecule has 0 aliphatic carbocycles. The lowest BCUT2D eigenvalue weighted by Crippen LogP contribution is -2.53. The maximum absolute atomic E-state index is 12.7. The van der Waals surface area contributed by atoms with Gasteiger partial charge in [0.2, 0.25) is 10.0 Å². The van der Waals surface area contributed by atoms with E-state index in [0.717, 1.165) is 0 Å². The quantitative estimate of drug-likeness (QED) is 0.719. The molecule has 1 aromatic rings. The van der Waals surface area contributed by atoms with Gasteiger partial charge in [0.1, 0.15) is 16.6 Å². The van der Waals surface area contributed by atoms with Crippen LogP contribution in [0.5, 0.6) is 0 Å². The number of sulfonamides is 1. The van der Waals surface area contributed by atoms with Crippen LogP contribution in [0, 0.1) is 13.8 Å². The molecular weight excluding hydrogens is 322 g/mol. The van der Waals surface area contributed by atoms with Gasteiger partial charge in [-0.3, -0.25) is 9.69 Å². The summed E-state index contributed by atoms with van der Waals surface area (Å²) in [6.07, 6.45) is 0. The van der Waals surface area contributed by atoms with Gasteiger partial charge in [-0.25, -0.2) is 8.42 Å². The molecule has 9 heteroatoms. The normalized spacial score (nSPS) is 18.8. The lowest BCUT2D eigenvalue weighted by Gasteiger charge is -2.36. The summed E-state index contributed by atoms with van der Waals surface area (Å²) in [6, 6.07) is -0.376. The molecule has 1 aliphatic rings. The van der Waals surface area contributed by atoms with E-state index in [-0.39, 0.29) is 16.9 Å². The molecule has 8 nitrogen and oxygen atoms in total. The Kier molecular flexibility index (Phi) is 5.43. The fourth-order valence-corrected chi connectivity index (χ4v) is 4.43. The third-order valence-corrected chi connectivity index (χ3v) is 6.16. The van der Waals surface area contributed by atoms with Crippen molar-refractivity contribution >= 4 is 16.0 Å². The minimum absolute atomic E-state index is 0.143. The molecule has 2 heterocycles. The molecule has 0 spiro atoms. The van der Waals surface area contributed by atoms with Crippen LogP contribution >= 0.6 is 0 Å². The first-order chi connectivity index (χ1) is 10.8. The minimum atomic E-state index is -3.63. The lowest BCUT2D eigenvalue weighted by molar-refractivity contribution is -0.149. The fraction of sp³-hybridized carbons (Fsp3) is 0.714. The number of esters is 1. The minimum Gasteiger partial charge on any atom is -0.465 e. The highest BCUT2D eigenvalue weighted by molar-refractivity contribution is 7.89. The van der Waals surface area contributed by atoms with E-state index >= 15 is 0 Å². The number of hydrogen-bond donors (Lipinski definition) is 0. The SMILES string of the molecule is CCOC(=O)C(C)N1CCN(S(=O)(=O)c2c(C)noc2C)CC1. The van der Waals surface area contributed by atoms with Crippen molar-refractivity contribution in [1.82, 2.24) is 14.4 Å². The third kappa shape index (κ3) is 3.56. The van der Waals surface area contributed by atoms with Crippen LogP contribution in [-0.4, -0.2) is 67.6 Å². The lowest BCUT2D eigenvalue weighted by atomic mass is 10.2. The van der Waals surface area contributed by atoms with Gasteiger partial charge >= 0.3 is 5.97 Å². The summed E-state index contributed by atoms with van der Waals surface area (Å²) in [4.78, 5) is 13.9. The second-order valence-electron chi connectivity index (χ2n) is 5.52. The van der Waals surface area contributed by atoms with Gasteiger partial charge in [-0.2, -0.15) is 4.31 Å². The van der Waals surface area contributed by atoms with Crippen LogP contribution in [0.15, 0.2) is 9.42 Å². The van der Waals surface area contributed by atoms with Crippen molar-refractivity contribution in [1.29, 1.82) is 0 Å². The zero-order valence-electron chi connectivity index (χ0n) is 13.9. The first-order valence-corrected chi connectivity index (χ1v) is 9.06. The standard InChI is InChI=1S/C14H23N3O5S/c1-5-21-14(18)11(3)16-6-8-17(9-7-16)23(19,20)13-10(2)15-22-12(13)4/h11H,5-9H2,1-4H3. The molecule has 0 amide bonds. The van der Waals surface area contributed by atoms with Crippen molar-refractivity contribution in [3.63, 3.8) is 0 Å². The van der Waals surface area contributed by atoms with E-state index in [1.165, 1.54) is 4.31 Å². The summed E-state index contributed by atoms with van der Waals surface area (Å²) in [7, 11) is -3.63. The molecule has 1 atom stereocenters. The van der Waals surface area contributed by atoms with Crippen molar-refractivity contribution < 1.29 is 22.5 Å². The molecule has 1 aliphatic heterocycles. The maximum atomic E-state index is 12.7. The Labute approximate surface area is 136 Å². The van der Waals surface area contributed by atoms with Crippen LogP contribution in [0.1, 0.15) is 25.3 Å². The number of hydrogen-bond acceptors (Lipinski definition) is 7. The highest BCUT2D eigenvalue weighted by Gasteiger charge is 2.35. The number of nitrogens with zero attached hydrogens (tertiary/aromatic N) is 3. The van der Waals surface area contributed by atoms with Gasteiger partial charge in [-0.15, -0.1) is 0 Å². The van der Waals surface area contributed by atoms with Crippen LogP contribution in [-0.2, 0) is 19.6 Å². The zero-order chi connectivity index (χ0) is 17.2. The first kappa shape index (κ1) is 17.9. The van der Waals surface area contributed by atoms with E-state index in [9.17, 15) is 13.2 Å². The number of carbonyl (C=O) groups excluding carboxylic acids is 1. The van der Waals surface area contributed by atoms with Crippen molar-refractivity contribution in [2.24, 2.45) is 0 Å². The van der Waals surface area contributed by atoms with E-state index in [0.29, 0.717) is 44.2 Å². The molecule has 1 aromatic heterocycles. The Hall–Kier alpha value is -1.45. The number of aryl methyl sites for hydroxylation is 2. The Morgan fingerprint density at radius 2 is 1.91 bits per heavy atom. The zero-order valence-corrected chi connectivity index (χ0v) is 14.7. The molecule has 1 saturated heterocycles. The predicted molar refractivity (Wildman–Crippen MR) is 82.4 cm³/mol. The number of ether oxygens (including phenoxy) is 1.